The van der Waals surface area contributed by atoms with Crippen LogP contribution in [0.2, 0.25) is 0 Å². The molecule has 0 heterocycles. The zero-order chi connectivity index (χ0) is 10.8. The van der Waals surface area contributed by atoms with Crippen LogP contribution in [0.15, 0.2) is 33.5 Å². The summed E-state index contributed by atoms with van der Waals surface area (Å²) in [5.41, 5.74) is 0.581. The van der Waals surface area contributed by atoms with E-state index in [4.69, 9.17) is 0 Å². The van der Waals surface area contributed by atoms with Crippen molar-refractivity contribution in [2.45, 2.75) is 4.90 Å². The van der Waals surface area contributed by atoms with E-state index in [1.165, 1.54) is 26.2 Å². The average molecular weight is 230 g/mol. The summed E-state index contributed by atoms with van der Waals surface area (Å²) in [7, 11) is -0.371. The molecule has 0 saturated carbocycles. The Labute approximate surface area is 88.8 Å². The van der Waals surface area contributed by atoms with Crippen LogP contribution in [0.5, 0.6) is 0 Å². The maximum atomic E-state index is 11.6. The van der Waals surface area contributed by atoms with Crippen molar-refractivity contribution in [3.05, 3.63) is 24.3 Å². The summed E-state index contributed by atoms with van der Waals surface area (Å²) in [6.07, 6.45) is 0. The second-order valence-electron chi connectivity index (χ2n) is 2.87. The lowest BCUT2D eigenvalue weighted by Gasteiger charge is -2.10. The maximum Gasteiger partial charge on any atom is 0.242 e. The molecule has 0 radical (unpaired) electrons. The first-order valence-electron chi connectivity index (χ1n) is 3.84. The van der Waals surface area contributed by atoms with Crippen LogP contribution in [0.25, 0.3) is 0 Å². The van der Waals surface area contributed by atoms with Gasteiger partial charge in [-0.05, 0) is 24.3 Å². The van der Waals surface area contributed by atoms with Gasteiger partial charge in [0.25, 0.3) is 0 Å². The van der Waals surface area contributed by atoms with Gasteiger partial charge in [0.15, 0.2) is 0 Å². The van der Waals surface area contributed by atoms with Crippen LogP contribution in [-0.4, -0.2) is 26.8 Å². The Kier molecular flexibility index (Phi) is 3.30. The van der Waals surface area contributed by atoms with E-state index >= 15 is 0 Å². The van der Waals surface area contributed by atoms with Crippen molar-refractivity contribution in [3.8, 4) is 0 Å². The molecule has 76 valence electrons. The second-order valence-corrected chi connectivity index (χ2v) is 5.21. The average Bonchev–Trinajstić information content (AvgIpc) is 2.17. The van der Waals surface area contributed by atoms with E-state index in [-0.39, 0.29) is 4.90 Å². The largest absolute Gasteiger partial charge is 0.242 e. The highest BCUT2D eigenvalue weighted by atomic mass is 32.2. The fourth-order valence-electron chi connectivity index (χ4n) is 0.890. The van der Waals surface area contributed by atoms with Crippen molar-refractivity contribution in [2.75, 3.05) is 14.1 Å². The summed E-state index contributed by atoms with van der Waals surface area (Å²) in [4.78, 5) is 0.241. The van der Waals surface area contributed by atoms with E-state index in [0.29, 0.717) is 5.69 Å². The van der Waals surface area contributed by atoms with Crippen molar-refractivity contribution >= 4 is 28.1 Å². The quantitative estimate of drug-likeness (QED) is 0.786. The number of hydrogen-bond acceptors (Lipinski definition) is 4. The molecule has 0 amide bonds. The van der Waals surface area contributed by atoms with Gasteiger partial charge in [-0.3, -0.25) is 0 Å². The standard InChI is InChI=1S/C8H10N2O2S2/c1-10(2)14(11,12)8-5-3-7(9-13)4-6-8/h3-6H,1-2H3. The summed E-state index contributed by atoms with van der Waals surface area (Å²) in [5, 5.41) is 0. The molecule has 14 heavy (non-hydrogen) atoms. The van der Waals surface area contributed by atoms with E-state index < -0.39 is 10.0 Å². The third-order valence-electron chi connectivity index (χ3n) is 1.72. The van der Waals surface area contributed by atoms with Gasteiger partial charge in [-0.15, -0.1) is 0 Å². The zero-order valence-electron chi connectivity index (χ0n) is 7.84. The molecule has 0 bridgehead atoms. The van der Waals surface area contributed by atoms with Crippen LogP contribution in [0.1, 0.15) is 0 Å². The van der Waals surface area contributed by atoms with Crippen LogP contribution in [0, 0.1) is 0 Å². The van der Waals surface area contributed by atoms with Crippen LogP contribution >= 0.6 is 0 Å². The Morgan fingerprint density at radius 2 is 1.71 bits per heavy atom. The van der Waals surface area contributed by atoms with Crippen LogP contribution < -0.4 is 0 Å². The topological polar surface area (TPSA) is 49.7 Å². The molecule has 1 aromatic carbocycles. The monoisotopic (exact) mass is 230 g/mol. The third kappa shape index (κ3) is 2.14. The van der Waals surface area contributed by atoms with E-state index in [2.05, 4.69) is 16.8 Å². The van der Waals surface area contributed by atoms with Gasteiger partial charge >= 0.3 is 0 Å². The minimum absolute atomic E-state index is 0.241. The van der Waals surface area contributed by atoms with Gasteiger partial charge in [0.2, 0.25) is 10.0 Å². The van der Waals surface area contributed by atoms with Crippen molar-refractivity contribution in [1.82, 2.24) is 4.31 Å². The second kappa shape index (κ2) is 4.12. The van der Waals surface area contributed by atoms with Gasteiger partial charge in [0.1, 0.15) is 0 Å². The molecule has 0 unspecified atom stereocenters. The summed E-state index contributed by atoms with van der Waals surface area (Å²) in [6, 6.07) is 6.12. The Morgan fingerprint density at radius 1 is 1.21 bits per heavy atom. The molecule has 0 atom stereocenters. The minimum atomic E-state index is -3.34. The SMILES string of the molecule is CN(C)S(=O)(=O)c1ccc(N=S)cc1. The molecule has 0 saturated heterocycles. The number of hydrogen-bond donors (Lipinski definition) is 0. The highest BCUT2D eigenvalue weighted by molar-refractivity contribution is 7.89. The molecular weight excluding hydrogens is 220 g/mol. The predicted molar refractivity (Wildman–Crippen MR) is 56.8 cm³/mol. The third-order valence-corrected chi connectivity index (χ3v) is 3.76. The molecule has 0 fully saturated rings. The molecule has 0 aliphatic rings. The van der Waals surface area contributed by atoms with Gasteiger partial charge in [-0.1, -0.05) is 0 Å². The Hall–Kier alpha value is -0.850. The van der Waals surface area contributed by atoms with Gasteiger partial charge in [0.05, 0.1) is 10.6 Å². The van der Waals surface area contributed by atoms with Gasteiger partial charge in [-0.25, -0.2) is 12.7 Å². The van der Waals surface area contributed by atoms with Crippen molar-refractivity contribution in [1.29, 1.82) is 0 Å². The van der Waals surface area contributed by atoms with Crippen molar-refractivity contribution in [2.24, 2.45) is 4.36 Å². The predicted octanol–water partition coefficient (Wildman–Crippen LogP) is 1.30. The highest BCUT2D eigenvalue weighted by Gasteiger charge is 2.16. The molecule has 0 N–H and O–H groups in total. The lowest BCUT2D eigenvalue weighted by Crippen LogP contribution is -2.21. The van der Waals surface area contributed by atoms with Crippen LogP contribution in [-0.2, 0) is 22.4 Å². The van der Waals surface area contributed by atoms with Gasteiger partial charge in [0, 0.05) is 26.5 Å². The fourth-order valence-corrected chi connectivity index (χ4v) is 1.91. The molecule has 0 aliphatic heterocycles. The molecule has 6 heteroatoms. The number of benzene rings is 1. The van der Waals surface area contributed by atoms with Crippen molar-refractivity contribution < 1.29 is 8.42 Å². The van der Waals surface area contributed by atoms with E-state index in [1.54, 1.807) is 12.1 Å². The molecule has 4 nitrogen and oxygen atoms in total. The number of rotatable bonds is 3. The maximum absolute atomic E-state index is 11.6. The first-order valence-corrected chi connectivity index (χ1v) is 5.65. The molecular formula is C8H10N2O2S2. The van der Waals surface area contributed by atoms with Gasteiger partial charge < -0.3 is 0 Å². The Morgan fingerprint density at radius 3 is 2.07 bits per heavy atom. The lowest BCUT2D eigenvalue weighted by atomic mass is 10.3. The Balaban J connectivity index is 3.16. The zero-order valence-corrected chi connectivity index (χ0v) is 9.47. The summed E-state index contributed by atoms with van der Waals surface area (Å²) in [6.45, 7) is 0. The highest BCUT2D eigenvalue weighted by Crippen LogP contribution is 2.17. The normalized spacial score (nSPS) is 11.6. The van der Waals surface area contributed by atoms with Crippen LogP contribution in [0.3, 0.4) is 0 Å². The first kappa shape index (κ1) is 11.2. The van der Waals surface area contributed by atoms with E-state index in [0.717, 1.165) is 4.31 Å². The van der Waals surface area contributed by atoms with Crippen molar-refractivity contribution in [3.63, 3.8) is 0 Å². The number of sulfonamides is 1. The summed E-state index contributed by atoms with van der Waals surface area (Å²) >= 11 is 4.47. The molecule has 1 rings (SSSR count). The summed E-state index contributed by atoms with van der Waals surface area (Å²) in [5.74, 6) is 0. The minimum Gasteiger partial charge on any atom is -0.207 e. The summed E-state index contributed by atoms with van der Waals surface area (Å²) < 4.78 is 27.9. The smallest absolute Gasteiger partial charge is 0.207 e. The van der Waals surface area contributed by atoms with Gasteiger partial charge in [-0.2, -0.15) is 4.36 Å². The van der Waals surface area contributed by atoms with E-state index in [9.17, 15) is 8.42 Å². The fraction of sp³-hybridized carbons (Fsp3) is 0.250. The molecule has 1 aromatic rings. The van der Waals surface area contributed by atoms with E-state index in [1.807, 2.05) is 0 Å². The molecule has 0 spiro atoms. The number of nitrogens with zero attached hydrogens (tertiary/aromatic N) is 2. The van der Waals surface area contributed by atoms with Crippen LogP contribution in [0.4, 0.5) is 5.69 Å². The lowest BCUT2D eigenvalue weighted by molar-refractivity contribution is 0.521. The Bertz CT molecular complexity index is 423. The molecule has 0 aliphatic carbocycles. The molecule has 0 aromatic heterocycles. The first-order chi connectivity index (χ1) is 6.48.